The fourth-order valence-corrected chi connectivity index (χ4v) is 2.36. The zero-order valence-electron chi connectivity index (χ0n) is 10.1. The summed E-state index contributed by atoms with van der Waals surface area (Å²) in [4.78, 5) is 22.4. The molecule has 2 aromatic rings. The maximum absolute atomic E-state index is 12.0. The molecule has 0 saturated carbocycles. The van der Waals surface area contributed by atoms with Gasteiger partial charge in [-0.15, -0.1) is 0 Å². The van der Waals surface area contributed by atoms with Crippen LogP contribution in [0.1, 0.15) is 15.9 Å². The number of halogens is 2. The second-order valence-electron chi connectivity index (χ2n) is 3.94. The third-order valence-corrected chi connectivity index (χ3v) is 3.54. The number of hydrogen-bond donors (Lipinski definition) is 1. The Morgan fingerprint density at radius 1 is 1.50 bits per heavy atom. The smallest absolute Gasteiger partial charge is 0.274 e. The van der Waals surface area contributed by atoms with Crippen molar-refractivity contribution in [3.05, 3.63) is 55.4 Å². The summed E-state index contributed by atoms with van der Waals surface area (Å²) in [7, 11) is 0. The monoisotopic (exact) mass is 358 g/mol. The molecule has 0 radical (unpaired) electrons. The average Bonchev–Trinajstić information content (AvgIpc) is 2.78. The Morgan fingerprint density at radius 3 is 2.75 bits per heavy atom. The van der Waals surface area contributed by atoms with Gasteiger partial charge in [0.05, 0.1) is 22.4 Å². The lowest BCUT2D eigenvalue weighted by atomic mass is 10.2. The minimum absolute atomic E-state index is 0.0415. The second-order valence-corrected chi connectivity index (χ2v) is 5.14. The summed E-state index contributed by atoms with van der Waals surface area (Å²) in [5, 5.41) is 13.4. The Bertz CT molecular complexity index is 699. The largest absolute Gasteiger partial charge is 0.452 e. The molecule has 20 heavy (non-hydrogen) atoms. The van der Waals surface area contributed by atoms with Crippen LogP contribution in [0.15, 0.2) is 33.4 Å². The molecule has 0 fully saturated rings. The van der Waals surface area contributed by atoms with Crippen LogP contribution < -0.4 is 5.32 Å². The Kier molecular flexibility index (Phi) is 4.10. The van der Waals surface area contributed by atoms with Crippen molar-refractivity contribution >= 4 is 44.8 Å². The van der Waals surface area contributed by atoms with Crippen molar-refractivity contribution in [3.8, 4) is 0 Å². The van der Waals surface area contributed by atoms with Crippen LogP contribution in [-0.2, 0) is 0 Å². The SMILES string of the molecule is Cc1cc(Br)c(NC(=O)c2ccoc2Cl)cc1[N+](=O)[O-]. The van der Waals surface area contributed by atoms with E-state index in [4.69, 9.17) is 16.0 Å². The molecular weight excluding hydrogens is 351 g/mol. The molecule has 104 valence electrons. The number of furan rings is 1. The molecule has 6 nitrogen and oxygen atoms in total. The van der Waals surface area contributed by atoms with Crippen molar-refractivity contribution in [1.29, 1.82) is 0 Å². The standard InChI is InChI=1S/C12H8BrClN2O4/c1-6-4-8(13)9(5-10(6)16(18)19)15-12(17)7-2-3-20-11(7)14/h2-5H,1H3,(H,15,17). The number of anilines is 1. The molecule has 0 aliphatic rings. The lowest BCUT2D eigenvalue weighted by Gasteiger charge is -2.08. The van der Waals surface area contributed by atoms with Gasteiger partial charge in [-0.3, -0.25) is 14.9 Å². The number of aryl methyl sites for hydroxylation is 1. The van der Waals surface area contributed by atoms with Gasteiger partial charge in [-0.05, 0) is 46.6 Å². The first-order chi connectivity index (χ1) is 9.40. The van der Waals surface area contributed by atoms with Crippen LogP contribution in [0.2, 0.25) is 5.22 Å². The third kappa shape index (κ3) is 2.83. The minimum Gasteiger partial charge on any atom is -0.452 e. The van der Waals surface area contributed by atoms with E-state index in [0.717, 1.165) is 0 Å². The lowest BCUT2D eigenvalue weighted by molar-refractivity contribution is -0.385. The first-order valence-corrected chi connectivity index (χ1v) is 6.56. The number of amides is 1. The summed E-state index contributed by atoms with van der Waals surface area (Å²) in [6.45, 7) is 1.61. The lowest BCUT2D eigenvalue weighted by Crippen LogP contribution is -2.12. The van der Waals surface area contributed by atoms with Gasteiger partial charge < -0.3 is 9.73 Å². The van der Waals surface area contributed by atoms with Crippen molar-refractivity contribution in [2.75, 3.05) is 5.32 Å². The zero-order chi connectivity index (χ0) is 14.9. The van der Waals surface area contributed by atoms with Crippen LogP contribution in [0.5, 0.6) is 0 Å². The van der Waals surface area contributed by atoms with Crippen LogP contribution in [-0.4, -0.2) is 10.8 Å². The first-order valence-electron chi connectivity index (χ1n) is 5.39. The van der Waals surface area contributed by atoms with Crippen LogP contribution in [0.3, 0.4) is 0 Å². The summed E-state index contributed by atoms with van der Waals surface area (Å²) in [6.07, 6.45) is 1.28. The van der Waals surface area contributed by atoms with Crippen LogP contribution >= 0.6 is 27.5 Å². The van der Waals surface area contributed by atoms with E-state index in [0.29, 0.717) is 10.0 Å². The number of nitrogens with one attached hydrogen (secondary N) is 1. The molecule has 1 aromatic heterocycles. The molecule has 0 saturated heterocycles. The highest BCUT2D eigenvalue weighted by molar-refractivity contribution is 9.10. The maximum atomic E-state index is 12.0. The molecule has 1 N–H and O–H groups in total. The van der Waals surface area contributed by atoms with Gasteiger partial charge in [-0.25, -0.2) is 0 Å². The number of nitrogens with zero attached hydrogens (tertiary/aromatic N) is 1. The van der Waals surface area contributed by atoms with Gasteiger partial charge in [0, 0.05) is 16.1 Å². The quantitative estimate of drug-likeness (QED) is 0.658. The van der Waals surface area contributed by atoms with Gasteiger partial charge >= 0.3 is 0 Å². The van der Waals surface area contributed by atoms with Gasteiger partial charge in [-0.2, -0.15) is 0 Å². The van der Waals surface area contributed by atoms with Gasteiger partial charge in [0.15, 0.2) is 0 Å². The first kappa shape index (κ1) is 14.5. The molecule has 0 bridgehead atoms. The van der Waals surface area contributed by atoms with Gasteiger partial charge in [0.2, 0.25) is 5.22 Å². The number of benzene rings is 1. The molecule has 1 aromatic carbocycles. The minimum atomic E-state index is -0.512. The summed E-state index contributed by atoms with van der Waals surface area (Å²) < 4.78 is 5.36. The van der Waals surface area contributed by atoms with Crippen molar-refractivity contribution in [2.45, 2.75) is 6.92 Å². The molecule has 0 spiro atoms. The third-order valence-electron chi connectivity index (χ3n) is 2.59. The summed E-state index contributed by atoms with van der Waals surface area (Å²) in [5.41, 5.74) is 0.842. The fraction of sp³-hybridized carbons (Fsp3) is 0.0833. The molecule has 1 amide bonds. The highest BCUT2D eigenvalue weighted by Crippen LogP contribution is 2.31. The molecule has 2 rings (SSSR count). The van der Waals surface area contributed by atoms with E-state index in [1.54, 1.807) is 13.0 Å². The number of nitro benzene ring substituents is 1. The number of hydrogen-bond acceptors (Lipinski definition) is 4. The van der Waals surface area contributed by atoms with Crippen molar-refractivity contribution in [3.63, 3.8) is 0 Å². The van der Waals surface area contributed by atoms with E-state index in [1.807, 2.05) is 0 Å². The maximum Gasteiger partial charge on any atom is 0.274 e. The number of rotatable bonds is 3. The highest BCUT2D eigenvalue weighted by atomic mass is 79.9. The summed E-state index contributed by atoms with van der Waals surface area (Å²) in [5.74, 6) is -0.511. The van der Waals surface area contributed by atoms with Crippen LogP contribution in [0.4, 0.5) is 11.4 Å². The van der Waals surface area contributed by atoms with Crippen molar-refractivity contribution in [2.24, 2.45) is 0 Å². The van der Waals surface area contributed by atoms with Crippen LogP contribution in [0, 0.1) is 17.0 Å². The van der Waals surface area contributed by atoms with E-state index in [2.05, 4.69) is 21.2 Å². The van der Waals surface area contributed by atoms with Crippen LogP contribution in [0.25, 0.3) is 0 Å². The Labute approximate surface area is 127 Å². The molecule has 0 aliphatic carbocycles. The molecule has 0 aliphatic heterocycles. The van der Waals surface area contributed by atoms with E-state index in [1.165, 1.54) is 18.4 Å². The summed E-state index contributed by atoms with van der Waals surface area (Å²) in [6, 6.07) is 4.25. The van der Waals surface area contributed by atoms with Gasteiger partial charge in [0.25, 0.3) is 11.6 Å². The second kappa shape index (κ2) is 5.64. The fourth-order valence-electron chi connectivity index (χ4n) is 1.60. The predicted molar refractivity (Wildman–Crippen MR) is 77.2 cm³/mol. The molecule has 8 heteroatoms. The molecular formula is C12H8BrClN2O4. The van der Waals surface area contributed by atoms with Gasteiger partial charge in [-0.1, -0.05) is 0 Å². The van der Waals surface area contributed by atoms with Crippen molar-refractivity contribution in [1.82, 2.24) is 0 Å². The predicted octanol–water partition coefficient (Wildman–Crippen LogP) is 4.16. The summed E-state index contributed by atoms with van der Waals surface area (Å²) >= 11 is 8.95. The Hall–Kier alpha value is -1.86. The molecule has 1 heterocycles. The van der Waals surface area contributed by atoms with Gasteiger partial charge in [0.1, 0.15) is 0 Å². The zero-order valence-corrected chi connectivity index (χ0v) is 12.5. The van der Waals surface area contributed by atoms with E-state index >= 15 is 0 Å². The number of nitro groups is 1. The molecule has 0 atom stereocenters. The molecule has 0 unspecified atom stereocenters. The highest BCUT2D eigenvalue weighted by Gasteiger charge is 2.18. The van der Waals surface area contributed by atoms with E-state index in [-0.39, 0.29) is 22.2 Å². The normalized spacial score (nSPS) is 10.3. The number of carbonyl (C=O) groups excluding carboxylic acids is 1. The topological polar surface area (TPSA) is 85.4 Å². The average molecular weight is 360 g/mol. The number of carbonyl (C=O) groups is 1. The Balaban J connectivity index is 2.34. The Morgan fingerprint density at radius 2 is 2.20 bits per heavy atom. The van der Waals surface area contributed by atoms with E-state index < -0.39 is 10.8 Å². The van der Waals surface area contributed by atoms with Crippen molar-refractivity contribution < 1.29 is 14.1 Å². The van der Waals surface area contributed by atoms with E-state index in [9.17, 15) is 14.9 Å².